The predicted molar refractivity (Wildman–Crippen MR) is 117 cm³/mol. The topological polar surface area (TPSA) is 109 Å². The number of carbonyl (C=O) groups excluding carboxylic acids is 1. The van der Waals surface area contributed by atoms with Gasteiger partial charge in [-0.3, -0.25) is 9.62 Å². The van der Waals surface area contributed by atoms with Crippen molar-refractivity contribution in [3.05, 3.63) is 47.0 Å². The molecule has 31 heavy (non-hydrogen) atoms. The molecular formula is C22H25N3O5S. The van der Waals surface area contributed by atoms with E-state index >= 15 is 0 Å². The van der Waals surface area contributed by atoms with Gasteiger partial charge in [-0.15, -0.1) is 0 Å². The molecule has 1 heterocycles. The molecule has 0 radical (unpaired) electrons. The van der Waals surface area contributed by atoms with Crippen molar-refractivity contribution in [3.8, 4) is 22.9 Å². The molecule has 0 saturated heterocycles. The van der Waals surface area contributed by atoms with Crippen LogP contribution in [0.25, 0.3) is 11.1 Å². The summed E-state index contributed by atoms with van der Waals surface area (Å²) in [7, 11) is -1.99. The maximum atomic E-state index is 12.6. The van der Waals surface area contributed by atoms with E-state index < -0.39 is 21.7 Å². The zero-order valence-electron chi connectivity index (χ0n) is 18.1. The fourth-order valence-corrected chi connectivity index (χ4v) is 4.00. The van der Waals surface area contributed by atoms with E-state index in [-0.39, 0.29) is 13.1 Å². The number of fused-ring (bicyclic) bond motifs is 1. The lowest BCUT2D eigenvalue weighted by Crippen LogP contribution is -2.33. The molecule has 1 N–H and O–H groups in total. The second kappa shape index (κ2) is 8.12. The quantitative estimate of drug-likeness (QED) is 0.769. The summed E-state index contributed by atoms with van der Waals surface area (Å²) in [6.07, 6.45) is 0.609. The summed E-state index contributed by atoms with van der Waals surface area (Å²) < 4.78 is 37.0. The molecule has 164 valence electrons. The Bertz CT molecular complexity index is 1180. The Kier molecular flexibility index (Phi) is 5.87. The molecule has 0 spiro atoms. The number of methoxy groups -OCH3 is 1. The summed E-state index contributed by atoms with van der Waals surface area (Å²) in [5.74, 6) is 0.561. The maximum Gasteiger partial charge on any atom is 0.410 e. The fourth-order valence-electron chi connectivity index (χ4n) is 3.45. The number of hydrogen-bond donors (Lipinski definition) is 1. The lowest BCUT2D eigenvalue weighted by atomic mass is 9.93. The molecule has 9 heteroatoms. The number of anilines is 1. The van der Waals surface area contributed by atoms with Gasteiger partial charge in [-0.25, -0.2) is 13.2 Å². The minimum atomic E-state index is -3.52. The molecule has 1 aliphatic heterocycles. The lowest BCUT2D eigenvalue weighted by Gasteiger charge is -2.24. The maximum absolute atomic E-state index is 12.6. The predicted octanol–water partition coefficient (Wildman–Crippen LogP) is 3.86. The molecule has 1 aliphatic rings. The Hall–Kier alpha value is -3.25. The molecule has 2 aromatic rings. The van der Waals surface area contributed by atoms with Gasteiger partial charge in [0.2, 0.25) is 10.0 Å². The number of nitrogens with zero attached hydrogens (tertiary/aromatic N) is 2. The van der Waals surface area contributed by atoms with Crippen LogP contribution in [0.15, 0.2) is 30.3 Å². The average Bonchev–Trinajstić information content (AvgIpc) is 3.08. The third kappa shape index (κ3) is 5.27. The lowest BCUT2D eigenvalue weighted by molar-refractivity contribution is 0.0242. The normalized spacial score (nSPS) is 13.4. The zero-order chi connectivity index (χ0) is 23.0. The van der Waals surface area contributed by atoms with Crippen molar-refractivity contribution in [2.24, 2.45) is 0 Å². The molecule has 2 aromatic carbocycles. The van der Waals surface area contributed by atoms with Gasteiger partial charge in [0.25, 0.3) is 0 Å². The SMILES string of the molecule is COc1ccc(C#N)c(-c2cc(NS(C)(=O)=O)cc3c2CN(C(=O)OC(C)(C)C)C3)c1. The number of nitrogens with one attached hydrogen (secondary N) is 1. The number of rotatable bonds is 4. The highest BCUT2D eigenvalue weighted by Gasteiger charge is 2.30. The molecule has 0 aliphatic carbocycles. The second-order valence-electron chi connectivity index (χ2n) is 8.40. The zero-order valence-corrected chi connectivity index (χ0v) is 19.0. The van der Waals surface area contributed by atoms with Gasteiger partial charge in [-0.05, 0) is 67.8 Å². The number of ether oxygens (including phenoxy) is 2. The van der Waals surface area contributed by atoms with Crippen LogP contribution in [0.3, 0.4) is 0 Å². The van der Waals surface area contributed by atoms with E-state index in [1.807, 2.05) is 0 Å². The van der Waals surface area contributed by atoms with Crippen LogP contribution in [-0.4, -0.2) is 38.4 Å². The number of sulfonamides is 1. The van der Waals surface area contributed by atoms with Gasteiger partial charge in [0, 0.05) is 17.8 Å². The van der Waals surface area contributed by atoms with Gasteiger partial charge in [0.15, 0.2) is 0 Å². The summed E-state index contributed by atoms with van der Waals surface area (Å²) in [5, 5.41) is 9.63. The molecular weight excluding hydrogens is 418 g/mol. The highest BCUT2D eigenvalue weighted by atomic mass is 32.2. The average molecular weight is 444 g/mol. The van der Waals surface area contributed by atoms with Crippen molar-refractivity contribution in [2.75, 3.05) is 18.1 Å². The van der Waals surface area contributed by atoms with Crippen LogP contribution in [0.1, 0.15) is 37.5 Å². The molecule has 1 amide bonds. The highest BCUT2D eigenvalue weighted by Crippen LogP contribution is 2.39. The molecule has 3 rings (SSSR count). The summed E-state index contributed by atoms with van der Waals surface area (Å²) in [5.41, 5.74) is 2.99. The number of nitriles is 1. The van der Waals surface area contributed by atoms with Crippen LogP contribution in [0.5, 0.6) is 5.75 Å². The van der Waals surface area contributed by atoms with Gasteiger partial charge in [0.1, 0.15) is 11.4 Å². The number of hydrogen-bond acceptors (Lipinski definition) is 6. The standard InChI is InChI=1S/C22H25N3O5S/c1-22(2,3)30-21(26)25-12-15-8-16(24-31(5,27)28)9-19(20(15)13-25)18-10-17(29-4)7-6-14(18)11-23/h6-10,24H,12-13H2,1-5H3. The van der Waals surface area contributed by atoms with E-state index in [0.29, 0.717) is 28.1 Å². The molecule has 8 nitrogen and oxygen atoms in total. The van der Waals surface area contributed by atoms with Crippen LogP contribution < -0.4 is 9.46 Å². The molecule has 0 saturated carbocycles. The summed E-state index contributed by atoms with van der Waals surface area (Å²) in [4.78, 5) is 14.2. The Labute approximate surface area is 182 Å². The molecule has 0 unspecified atom stereocenters. The smallest absolute Gasteiger partial charge is 0.410 e. The van der Waals surface area contributed by atoms with Crippen LogP contribution >= 0.6 is 0 Å². The Morgan fingerprint density at radius 2 is 1.87 bits per heavy atom. The van der Waals surface area contributed by atoms with Crippen molar-refractivity contribution in [1.29, 1.82) is 5.26 Å². The first-order chi connectivity index (χ1) is 14.4. The van der Waals surface area contributed by atoms with E-state index in [2.05, 4.69) is 10.8 Å². The summed E-state index contributed by atoms with van der Waals surface area (Å²) in [6.45, 7) is 5.93. The first-order valence-electron chi connectivity index (χ1n) is 9.60. The number of carbonyl (C=O) groups is 1. The van der Waals surface area contributed by atoms with Crippen molar-refractivity contribution < 1.29 is 22.7 Å². The molecule has 0 fully saturated rings. The number of amides is 1. The Morgan fingerprint density at radius 3 is 2.45 bits per heavy atom. The van der Waals surface area contributed by atoms with Crippen molar-refractivity contribution >= 4 is 21.8 Å². The van der Waals surface area contributed by atoms with Gasteiger partial charge >= 0.3 is 6.09 Å². The number of benzene rings is 2. The minimum absolute atomic E-state index is 0.266. The van der Waals surface area contributed by atoms with Gasteiger partial charge in [-0.1, -0.05) is 0 Å². The van der Waals surface area contributed by atoms with E-state index in [0.717, 1.165) is 17.4 Å². The van der Waals surface area contributed by atoms with Gasteiger partial charge < -0.3 is 9.47 Å². The third-order valence-electron chi connectivity index (χ3n) is 4.64. The fraction of sp³-hybridized carbons (Fsp3) is 0.364. The van der Waals surface area contributed by atoms with Gasteiger partial charge in [0.05, 0.1) is 31.5 Å². The first kappa shape index (κ1) is 22.4. The van der Waals surface area contributed by atoms with Crippen molar-refractivity contribution in [3.63, 3.8) is 0 Å². The third-order valence-corrected chi connectivity index (χ3v) is 5.25. The molecule has 0 bridgehead atoms. The second-order valence-corrected chi connectivity index (χ2v) is 10.1. The van der Waals surface area contributed by atoms with Crippen LogP contribution in [0.2, 0.25) is 0 Å². The summed E-state index contributed by atoms with van der Waals surface area (Å²) in [6, 6.07) is 10.6. The van der Waals surface area contributed by atoms with E-state index in [1.54, 1.807) is 56.0 Å². The van der Waals surface area contributed by atoms with Crippen LogP contribution in [0.4, 0.5) is 10.5 Å². The van der Waals surface area contributed by atoms with E-state index in [1.165, 1.54) is 7.11 Å². The monoisotopic (exact) mass is 443 g/mol. The molecule has 0 atom stereocenters. The first-order valence-corrected chi connectivity index (χ1v) is 11.5. The molecule has 0 aromatic heterocycles. The summed E-state index contributed by atoms with van der Waals surface area (Å²) >= 11 is 0. The Morgan fingerprint density at radius 1 is 1.16 bits per heavy atom. The van der Waals surface area contributed by atoms with Crippen LogP contribution in [-0.2, 0) is 27.8 Å². The van der Waals surface area contributed by atoms with Crippen molar-refractivity contribution in [2.45, 2.75) is 39.5 Å². The highest BCUT2D eigenvalue weighted by molar-refractivity contribution is 7.92. The largest absolute Gasteiger partial charge is 0.497 e. The minimum Gasteiger partial charge on any atom is -0.497 e. The van der Waals surface area contributed by atoms with Crippen molar-refractivity contribution in [1.82, 2.24) is 4.90 Å². The van der Waals surface area contributed by atoms with E-state index in [9.17, 15) is 18.5 Å². The van der Waals surface area contributed by atoms with E-state index in [4.69, 9.17) is 9.47 Å². The Balaban J connectivity index is 2.13. The van der Waals surface area contributed by atoms with Gasteiger partial charge in [-0.2, -0.15) is 5.26 Å². The van der Waals surface area contributed by atoms with Crippen LogP contribution in [0, 0.1) is 11.3 Å².